The van der Waals surface area contributed by atoms with E-state index in [1.807, 2.05) is 12.1 Å². The van der Waals surface area contributed by atoms with E-state index in [2.05, 4.69) is 55.0 Å². The molecule has 0 saturated carbocycles. The maximum Gasteiger partial charge on any atom is 0.302 e. The molecule has 0 bridgehead atoms. The molecule has 0 spiro atoms. The minimum absolute atomic E-state index is 0.439. The maximum absolute atomic E-state index is 5.63. The summed E-state index contributed by atoms with van der Waals surface area (Å²) in [5.41, 5.74) is 3.29. The third-order valence-corrected chi connectivity index (χ3v) is 3.18. The van der Waals surface area contributed by atoms with Crippen LogP contribution in [0.3, 0.4) is 0 Å². The van der Waals surface area contributed by atoms with Gasteiger partial charge in [-0.05, 0) is 25.5 Å². The smallest absolute Gasteiger partial charge is 0.302 e. The van der Waals surface area contributed by atoms with Crippen LogP contribution >= 0.6 is 0 Å². The van der Waals surface area contributed by atoms with E-state index < -0.39 is 0 Å². The summed E-state index contributed by atoms with van der Waals surface area (Å²) in [6.07, 6.45) is 1.73. The zero-order valence-electron chi connectivity index (χ0n) is 12.7. The Bertz CT molecular complexity index is 548. The highest BCUT2D eigenvalue weighted by molar-refractivity contribution is 5.60. The SMILES string of the molecule is CCN(c1nc(CNC(C)C)co1)c1ccccc1C. The number of aromatic nitrogens is 1. The molecular formula is C16H23N3O. The summed E-state index contributed by atoms with van der Waals surface area (Å²) in [4.78, 5) is 6.66. The first-order valence-corrected chi connectivity index (χ1v) is 7.12. The Morgan fingerprint density at radius 1 is 1.30 bits per heavy atom. The number of hydrogen-bond donors (Lipinski definition) is 1. The quantitative estimate of drug-likeness (QED) is 0.872. The van der Waals surface area contributed by atoms with Gasteiger partial charge in [0.1, 0.15) is 6.26 Å². The third-order valence-electron chi connectivity index (χ3n) is 3.18. The Morgan fingerprint density at radius 3 is 2.70 bits per heavy atom. The van der Waals surface area contributed by atoms with Gasteiger partial charge >= 0.3 is 6.01 Å². The van der Waals surface area contributed by atoms with Crippen molar-refractivity contribution in [2.75, 3.05) is 11.4 Å². The molecule has 0 aliphatic carbocycles. The first kappa shape index (κ1) is 14.6. The first-order valence-electron chi connectivity index (χ1n) is 7.12. The lowest BCUT2D eigenvalue weighted by Crippen LogP contribution is -2.22. The summed E-state index contributed by atoms with van der Waals surface area (Å²) in [5, 5.41) is 3.34. The van der Waals surface area contributed by atoms with Crippen molar-refractivity contribution >= 4 is 11.7 Å². The standard InChI is InChI=1S/C16H23N3O/c1-5-19(15-9-7-6-8-13(15)4)16-18-14(11-20-16)10-17-12(2)3/h6-9,11-12,17H,5,10H2,1-4H3. The van der Waals surface area contributed by atoms with Gasteiger partial charge in [0.25, 0.3) is 0 Å². The van der Waals surface area contributed by atoms with Crippen LogP contribution in [0.5, 0.6) is 0 Å². The van der Waals surface area contributed by atoms with E-state index >= 15 is 0 Å². The fraction of sp³-hybridized carbons (Fsp3) is 0.438. The minimum atomic E-state index is 0.439. The number of nitrogens with zero attached hydrogens (tertiary/aromatic N) is 2. The van der Waals surface area contributed by atoms with Crippen molar-refractivity contribution in [1.82, 2.24) is 10.3 Å². The zero-order chi connectivity index (χ0) is 14.5. The molecule has 2 rings (SSSR count). The van der Waals surface area contributed by atoms with E-state index in [1.165, 1.54) is 5.56 Å². The summed E-state index contributed by atoms with van der Waals surface area (Å²) in [6, 6.07) is 9.36. The average molecular weight is 273 g/mol. The molecule has 0 aliphatic rings. The Balaban J connectivity index is 2.18. The van der Waals surface area contributed by atoms with E-state index in [9.17, 15) is 0 Å². The van der Waals surface area contributed by atoms with Crippen LogP contribution < -0.4 is 10.2 Å². The normalized spacial score (nSPS) is 11.1. The van der Waals surface area contributed by atoms with Crippen molar-refractivity contribution in [3.8, 4) is 0 Å². The molecule has 1 aromatic carbocycles. The van der Waals surface area contributed by atoms with Crippen LogP contribution in [0.1, 0.15) is 32.0 Å². The molecule has 1 aromatic heterocycles. The van der Waals surface area contributed by atoms with Gasteiger partial charge in [0.05, 0.1) is 5.69 Å². The van der Waals surface area contributed by atoms with Gasteiger partial charge in [-0.3, -0.25) is 4.90 Å². The lowest BCUT2D eigenvalue weighted by Gasteiger charge is -2.20. The van der Waals surface area contributed by atoms with E-state index in [-0.39, 0.29) is 0 Å². The molecule has 0 fully saturated rings. The van der Waals surface area contributed by atoms with Gasteiger partial charge in [-0.25, -0.2) is 0 Å². The maximum atomic E-state index is 5.63. The first-order chi connectivity index (χ1) is 9.61. The fourth-order valence-electron chi connectivity index (χ4n) is 2.09. The second-order valence-corrected chi connectivity index (χ2v) is 5.19. The number of rotatable bonds is 6. The predicted octanol–water partition coefficient (Wildman–Crippen LogP) is 3.64. The van der Waals surface area contributed by atoms with Crippen LogP contribution in [0.25, 0.3) is 0 Å². The summed E-state index contributed by atoms with van der Waals surface area (Å²) >= 11 is 0. The van der Waals surface area contributed by atoms with Crippen LogP contribution in [0.4, 0.5) is 11.7 Å². The van der Waals surface area contributed by atoms with Gasteiger partial charge in [-0.2, -0.15) is 4.98 Å². The molecule has 0 saturated heterocycles. The number of hydrogen-bond acceptors (Lipinski definition) is 4. The number of benzene rings is 1. The van der Waals surface area contributed by atoms with Crippen molar-refractivity contribution in [3.05, 3.63) is 41.8 Å². The monoisotopic (exact) mass is 273 g/mol. The number of nitrogens with one attached hydrogen (secondary N) is 1. The van der Waals surface area contributed by atoms with Gasteiger partial charge < -0.3 is 9.73 Å². The Morgan fingerprint density at radius 2 is 2.05 bits per heavy atom. The largest absolute Gasteiger partial charge is 0.431 e. The molecular weight excluding hydrogens is 250 g/mol. The van der Waals surface area contributed by atoms with E-state index in [4.69, 9.17) is 4.42 Å². The summed E-state index contributed by atoms with van der Waals surface area (Å²) in [6.45, 7) is 9.99. The molecule has 0 radical (unpaired) electrons. The molecule has 2 aromatic rings. The predicted molar refractivity (Wildman–Crippen MR) is 82.3 cm³/mol. The summed E-state index contributed by atoms with van der Waals surface area (Å²) in [7, 11) is 0. The molecule has 1 N–H and O–H groups in total. The minimum Gasteiger partial charge on any atom is -0.431 e. The van der Waals surface area contributed by atoms with Gasteiger partial charge in [0.2, 0.25) is 0 Å². The molecule has 4 heteroatoms. The highest BCUT2D eigenvalue weighted by atomic mass is 16.4. The summed E-state index contributed by atoms with van der Waals surface area (Å²) < 4.78 is 5.63. The van der Waals surface area contributed by atoms with Gasteiger partial charge in [0, 0.05) is 24.8 Å². The molecule has 20 heavy (non-hydrogen) atoms. The molecule has 0 aliphatic heterocycles. The van der Waals surface area contributed by atoms with Crippen LogP contribution in [-0.4, -0.2) is 17.6 Å². The van der Waals surface area contributed by atoms with Crippen LogP contribution in [0.15, 0.2) is 34.9 Å². The highest BCUT2D eigenvalue weighted by Gasteiger charge is 2.15. The lowest BCUT2D eigenvalue weighted by molar-refractivity contribution is 0.548. The topological polar surface area (TPSA) is 41.3 Å². The molecule has 0 amide bonds. The molecule has 4 nitrogen and oxygen atoms in total. The van der Waals surface area contributed by atoms with Gasteiger partial charge in [-0.1, -0.05) is 32.0 Å². The van der Waals surface area contributed by atoms with Gasteiger partial charge in [-0.15, -0.1) is 0 Å². The average Bonchev–Trinajstić information content (AvgIpc) is 2.88. The van der Waals surface area contributed by atoms with Crippen molar-refractivity contribution in [3.63, 3.8) is 0 Å². The van der Waals surface area contributed by atoms with Crippen molar-refractivity contribution < 1.29 is 4.42 Å². The van der Waals surface area contributed by atoms with Gasteiger partial charge in [0.15, 0.2) is 0 Å². The van der Waals surface area contributed by atoms with Crippen LogP contribution in [-0.2, 0) is 6.54 Å². The lowest BCUT2D eigenvalue weighted by atomic mass is 10.2. The molecule has 1 heterocycles. The molecule has 108 valence electrons. The van der Waals surface area contributed by atoms with Crippen molar-refractivity contribution in [1.29, 1.82) is 0 Å². The Kier molecular flexibility index (Phi) is 4.79. The zero-order valence-corrected chi connectivity index (χ0v) is 12.7. The molecule has 0 atom stereocenters. The van der Waals surface area contributed by atoms with E-state index in [0.717, 1.165) is 24.5 Å². The second kappa shape index (κ2) is 6.57. The molecule has 0 unspecified atom stereocenters. The number of aryl methyl sites for hydroxylation is 1. The number of para-hydroxylation sites is 1. The second-order valence-electron chi connectivity index (χ2n) is 5.19. The van der Waals surface area contributed by atoms with E-state index in [0.29, 0.717) is 12.1 Å². The Labute approximate surface area is 120 Å². The highest BCUT2D eigenvalue weighted by Crippen LogP contribution is 2.27. The van der Waals surface area contributed by atoms with E-state index in [1.54, 1.807) is 6.26 Å². The fourth-order valence-corrected chi connectivity index (χ4v) is 2.09. The van der Waals surface area contributed by atoms with Crippen LogP contribution in [0, 0.1) is 6.92 Å². The van der Waals surface area contributed by atoms with Crippen LogP contribution in [0.2, 0.25) is 0 Å². The Hall–Kier alpha value is -1.81. The number of anilines is 2. The van der Waals surface area contributed by atoms with Crippen molar-refractivity contribution in [2.45, 2.75) is 40.3 Å². The number of oxazole rings is 1. The third kappa shape index (κ3) is 3.39. The summed E-state index contributed by atoms with van der Waals surface area (Å²) in [5.74, 6) is 0. The van der Waals surface area contributed by atoms with Crippen molar-refractivity contribution in [2.24, 2.45) is 0 Å².